The fourth-order valence-electron chi connectivity index (χ4n) is 1.52. The lowest BCUT2D eigenvalue weighted by Crippen LogP contribution is -2.31. The molecule has 1 amide bonds. The number of nitrogens with one attached hydrogen (secondary N) is 1. The number of sulfone groups is 1. The quantitative estimate of drug-likeness (QED) is 0.734. The van der Waals surface area contributed by atoms with Crippen molar-refractivity contribution in [3.8, 4) is 0 Å². The molecule has 0 aliphatic rings. The third kappa shape index (κ3) is 4.65. The summed E-state index contributed by atoms with van der Waals surface area (Å²) in [6.07, 6.45) is 1.70. The molecular weight excluding hydrogens is 282 g/mol. The van der Waals surface area contributed by atoms with Gasteiger partial charge < -0.3 is 10.4 Å². The third-order valence-corrected chi connectivity index (χ3v) is 4.27. The molecule has 0 unspecified atom stereocenters. The van der Waals surface area contributed by atoms with Crippen LogP contribution in [0.3, 0.4) is 0 Å². The van der Waals surface area contributed by atoms with Gasteiger partial charge in [-0.2, -0.15) is 0 Å². The number of carboxylic acid groups (broad SMARTS) is 1. The van der Waals surface area contributed by atoms with Gasteiger partial charge in [0.15, 0.2) is 9.84 Å². The summed E-state index contributed by atoms with van der Waals surface area (Å²) in [5, 5.41) is 11.3. The summed E-state index contributed by atoms with van der Waals surface area (Å²) in [7, 11) is -3.74. The molecule has 0 spiro atoms. The van der Waals surface area contributed by atoms with E-state index < -0.39 is 27.5 Å². The molecule has 6 nitrogen and oxygen atoms in total. The first-order valence-electron chi connectivity index (χ1n) is 6.19. The lowest BCUT2D eigenvalue weighted by Gasteiger charge is -2.06. The molecule has 0 aromatic heterocycles. The van der Waals surface area contributed by atoms with Crippen LogP contribution in [0.15, 0.2) is 29.2 Å². The van der Waals surface area contributed by atoms with Gasteiger partial charge in [-0.25, -0.2) is 13.2 Å². The number of aromatic carboxylic acids is 1. The van der Waals surface area contributed by atoms with Crippen molar-refractivity contribution in [2.75, 3.05) is 12.3 Å². The van der Waals surface area contributed by atoms with Crippen LogP contribution in [0.5, 0.6) is 0 Å². The summed E-state index contributed by atoms with van der Waals surface area (Å²) >= 11 is 0. The Morgan fingerprint density at radius 1 is 1.20 bits per heavy atom. The van der Waals surface area contributed by atoms with E-state index in [1.807, 2.05) is 6.92 Å². The van der Waals surface area contributed by atoms with Crippen LogP contribution in [-0.4, -0.2) is 37.7 Å². The molecule has 1 rings (SSSR count). The molecule has 0 fully saturated rings. The lowest BCUT2D eigenvalue weighted by molar-refractivity contribution is -0.118. The smallest absolute Gasteiger partial charge is 0.335 e. The van der Waals surface area contributed by atoms with Crippen molar-refractivity contribution in [1.82, 2.24) is 5.32 Å². The highest BCUT2D eigenvalue weighted by Crippen LogP contribution is 2.12. The Morgan fingerprint density at radius 3 is 2.30 bits per heavy atom. The molecule has 0 radical (unpaired) electrons. The molecule has 1 aromatic carbocycles. The fourth-order valence-corrected chi connectivity index (χ4v) is 2.68. The summed E-state index contributed by atoms with van der Waals surface area (Å²) in [6, 6.07) is 4.78. The molecule has 2 N–H and O–H groups in total. The third-order valence-electron chi connectivity index (χ3n) is 2.63. The molecule has 0 saturated heterocycles. The van der Waals surface area contributed by atoms with Gasteiger partial charge in [0.05, 0.1) is 10.5 Å². The summed E-state index contributed by atoms with van der Waals surface area (Å²) < 4.78 is 23.9. The molecule has 0 heterocycles. The lowest BCUT2D eigenvalue weighted by atomic mass is 10.2. The van der Waals surface area contributed by atoms with Gasteiger partial charge in [-0.3, -0.25) is 4.79 Å². The zero-order chi connectivity index (χ0) is 15.2. The van der Waals surface area contributed by atoms with Gasteiger partial charge in [-0.15, -0.1) is 0 Å². The van der Waals surface area contributed by atoms with Crippen molar-refractivity contribution in [2.24, 2.45) is 0 Å². The predicted molar refractivity (Wildman–Crippen MR) is 73.4 cm³/mol. The van der Waals surface area contributed by atoms with E-state index in [4.69, 9.17) is 5.11 Å². The Kier molecular flexibility index (Phi) is 5.69. The van der Waals surface area contributed by atoms with Crippen LogP contribution in [0.4, 0.5) is 0 Å². The van der Waals surface area contributed by atoms with Gasteiger partial charge in [-0.05, 0) is 30.7 Å². The molecule has 0 bridgehead atoms. The number of unbranched alkanes of at least 4 members (excludes halogenated alkanes) is 1. The molecular formula is C13H17NO5S. The highest BCUT2D eigenvalue weighted by molar-refractivity contribution is 7.92. The predicted octanol–water partition coefficient (Wildman–Crippen LogP) is 1.07. The van der Waals surface area contributed by atoms with E-state index in [2.05, 4.69) is 5.32 Å². The Balaban J connectivity index is 2.73. The van der Waals surface area contributed by atoms with Crippen molar-refractivity contribution in [3.63, 3.8) is 0 Å². The summed E-state index contributed by atoms with van der Waals surface area (Å²) in [5.41, 5.74) is -0.00338. The van der Waals surface area contributed by atoms with Gasteiger partial charge in [0.25, 0.3) is 0 Å². The van der Waals surface area contributed by atoms with Crippen molar-refractivity contribution in [1.29, 1.82) is 0 Å². The fraction of sp³-hybridized carbons (Fsp3) is 0.385. The van der Waals surface area contributed by atoms with Crippen LogP contribution in [0.2, 0.25) is 0 Å². The van der Waals surface area contributed by atoms with E-state index in [-0.39, 0.29) is 10.5 Å². The first kappa shape index (κ1) is 16.2. The Labute approximate surface area is 117 Å². The van der Waals surface area contributed by atoms with Gasteiger partial charge in [0, 0.05) is 6.54 Å². The maximum Gasteiger partial charge on any atom is 0.335 e. The molecule has 0 aliphatic heterocycles. The number of hydrogen-bond donors (Lipinski definition) is 2. The van der Waals surface area contributed by atoms with E-state index >= 15 is 0 Å². The van der Waals surface area contributed by atoms with Gasteiger partial charge >= 0.3 is 5.97 Å². The number of rotatable bonds is 7. The summed E-state index contributed by atoms with van der Waals surface area (Å²) in [5.74, 6) is -2.32. The maximum atomic E-state index is 11.9. The summed E-state index contributed by atoms with van der Waals surface area (Å²) in [4.78, 5) is 22.1. The van der Waals surface area contributed by atoms with Crippen LogP contribution >= 0.6 is 0 Å². The highest BCUT2D eigenvalue weighted by atomic mass is 32.2. The molecule has 7 heteroatoms. The zero-order valence-corrected chi connectivity index (χ0v) is 11.9. The topological polar surface area (TPSA) is 101 Å². The van der Waals surface area contributed by atoms with E-state index in [9.17, 15) is 18.0 Å². The number of benzene rings is 1. The van der Waals surface area contributed by atoms with Gasteiger partial charge in [0.1, 0.15) is 5.75 Å². The molecule has 110 valence electrons. The van der Waals surface area contributed by atoms with Crippen LogP contribution in [0.25, 0.3) is 0 Å². The Hall–Kier alpha value is -1.89. The first-order chi connectivity index (χ1) is 9.36. The second-order valence-corrected chi connectivity index (χ2v) is 6.28. The SMILES string of the molecule is CCCCNC(=O)CS(=O)(=O)c1ccc(C(=O)O)cc1. The summed E-state index contributed by atoms with van der Waals surface area (Å²) in [6.45, 7) is 2.41. The average Bonchev–Trinajstić information content (AvgIpc) is 2.38. The van der Waals surface area contributed by atoms with E-state index in [1.165, 1.54) is 24.3 Å². The van der Waals surface area contributed by atoms with Crippen LogP contribution in [0.1, 0.15) is 30.1 Å². The zero-order valence-electron chi connectivity index (χ0n) is 11.1. The second-order valence-electron chi connectivity index (χ2n) is 4.29. The number of carbonyl (C=O) groups is 2. The van der Waals surface area contributed by atoms with E-state index in [0.717, 1.165) is 12.8 Å². The maximum absolute atomic E-state index is 11.9. The van der Waals surface area contributed by atoms with Crippen molar-refractivity contribution < 1.29 is 23.1 Å². The monoisotopic (exact) mass is 299 g/mol. The molecule has 0 atom stereocenters. The van der Waals surface area contributed by atoms with Crippen LogP contribution in [0, 0.1) is 0 Å². The van der Waals surface area contributed by atoms with Crippen molar-refractivity contribution in [2.45, 2.75) is 24.7 Å². The van der Waals surface area contributed by atoms with Crippen LogP contribution in [-0.2, 0) is 14.6 Å². The number of hydrogen-bond acceptors (Lipinski definition) is 4. The minimum absolute atomic E-state index is 0.00338. The van der Waals surface area contributed by atoms with E-state index in [1.54, 1.807) is 0 Å². The molecule has 0 aliphatic carbocycles. The Bertz CT molecular complexity index is 577. The van der Waals surface area contributed by atoms with E-state index in [0.29, 0.717) is 6.54 Å². The minimum atomic E-state index is -3.74. The van der Waals surface area contributed by atoms with Gasteiger partial charge in [-0.1, -0.05) is 13.3 Å². The largest absolute Gasteiger partial charge is 0.478 e. The number of carboxylic acids is 1. The van der Waals surface area contributed by atoms with Crippen LogP contribution < -0.4 is 5.32 Å². The van der Waals surface area contributed by atoms with Gasteiger partial charge in [0.2, 0.25) is 5.91 Å². The van der Waals surface area contributed by atoms with Crippen molar-refractivity contribution >= 4 is 21.7 Å². The standard InChI is InChI=1S/C13H17NO5S/c1-2-3-8-14-12(15)9-20(18,19)11-6-4-10(5-7-11)13(16)17/h4-7H,2-3,8-9H2,1H3,(H,14,15)(H,16,17). The average molecular weight is 299 g/mol. The molecule has 1 aromatic rings. The first-order valence-corrected chi connectivity index (χ1v) is 7.85. The number of amides is 1. The highest BCUT2D eigenvalue weighted by Gasteiger charge is 2.19. The normalized spacial score (nSPS) is 11.1. The minimum Gasteiger partial charge on any atom is -0.478 e. The second kappa shape index (κ2) is 7.04. The number of carbonyl (C=O) groups excluding carboxylic acids is 1. The Morgan fingerprint density at radius 2 is 1.80 bits per heavy atom. The van der Waals surface area contributed by atoms with Crippen molar-refractivity contribution in [3.05, 3.63) is 29.8 Å². The molecule has 0 saturated carbocycles. The molecule has 20 heavy (non-hydrogen) atoms.